The second kappa shape index (κ2) is 12.2. The van der Waals surface area contributed by atoms with Crippen molar-refractivity contribution in [2.45, 2.75) is 45.5 Å². The zero-order valence-electron chi connectivity index (χ0n) is 18.6. The number of nitrogens with one attached hydrogen (secondary N) is 2. The van der Waals surface area contributed by atoms with Crippen LogP contribution in [-0.2, 0) is 13.1 Å². The highest BCUT2D eigenvalue weighted by molar-refractivity contribution is 5.80. The zero-order chi connectivity index (χ0) is 22.8. The second-order valence-corrected chi connectivity index (χ2v) is 7.56. The monoisotopic (exact) mass is 447 g/mol. The number of halogens is 2. The Morgan fingerprint density at radius 1 is 1.25 bits per heavy atom. The van der Waals surface area contributed by atoms with Crippen molar-refractivity contribution >= 4 is 5.96 Å². The van der Waals surface area contributed by atoms with Gasteiger partial charge in [0.25, 0.3) is 0 Å². The minimum Gasteiger partial charge on any atom is -0.497 e. The van der Waals surface area contributed by atoms with Gasteiger partial charge in [-0.1, -0.05) is 6.07 Å². The molecule has 1 aromatic heterocycles. The number of hydrogen-bond donors (Lipinski definition) is 2. The molecule has 0 atom stereocenters. The summed E-state index contributed by atoms with van der Waals surface area (Å²) >= 11 is 0. The van der Waals surface area contributed by atoms with Crippen LogP contribution in [0.3, 0.4) is 0 Å². The summed E-state index contributed by atoms with van der Waals surface area (Å²) in [6.45, 7) is 2.79. The highest BCUT2D eigenvalue weighted by Crippen LogP contribution is 2.27. The molecule has 1 aliphatic rings. The number of pyridine rings is 1. The lowest BCUT2D eigenvalue weighted by Crippen LogP contribution is -2.48. The van der Waals surface area contributed by atoms with Gasteiger partial charge in [-0.15, -0.1) is 0 Å². The number of benzene rings is 1. The van der Waals surface area contributed by atoms with Gasteiger partial charge in [0, 0.05) is 50.0 Å². The maximum Gasteiger partial charge on any atom is 0.387 e. The van der Waals surface area contributed by atoms with Crippen LogP contribution in [0.5, 0.6) is 11.5 Å². The van der Waals surface area contributed by atoms with Crippen LogP contribution in [0.15, 0.2) is 47.6 Å². The molecular formula is C23H31F2N5O2. The topological polar surface area (TPSA) is 71.0 Å². The summed E-state index contributed by atoms with van der Waals surface area (Å²) in [6.07, 6.45) is 3.79. The van der Waals surface area contributed by atoms with E-state index in [1.165, 1.54) is 13.2 Å². The quantitative estimate of drug-likeness (QED) is 0.454. The number of ether oxygens (including phenoxy) is 2. The maximum atomic E-state index is 12.8. The van der Waals surface area contributed by atoms with Crippen LogP contribution in [0.4, 0.5) is 8.78 Å². The summed E-state index contributed by atoms with van der Waals surface area (Å²) in [5.74, 6) is 1.19. The number of guanidine groups is 1. The van der Waals surface area contributed by atoms with Gasteiger partial charge < -0.3 is 20.1 Å². The Bertz CT molecular complexity index is 859. The molecule has 2 heterocycles. The van der Waals surface area contributed by atoms with Gasteiger partial charge in [0.05, 0.1) is 19.3 Å². The smallest absolute Gasteiger partial charge is 0.387 e. The fraction of sp³-hybridized carbons (Fsp3) is 0.478. The van der Waals surface area contributed by atoms with E-state index in [9.17, 15) is 8.78 Å². The predicted molar refractivity (Wildman–Crippen MR) is 120 cm³/mol. The minimum absolute atomic E-state index is 0.0711. The molecular weight excluding hydrogens is 416 g/mol. The second-order valence-electron chi connectivity index (χ2n) is 7.56. The molecule has 0 radical (unpaired) electrons. The third-order valence-corrected chi connectivity index (χ3v) is 5.28. The molecule has 1 saturated heterocycles. The van der Waals surface area contributed by atoms with Crippen molar-refractivity contribution in [3.05, 3.63) is 53.9 Å². The van der Waals surface area contributed by atoms with Crippen LogP contribution >= 0.6 is 0 Å². The summed E-state index contributed by atoms with van der Waals surface area (Å²) in [4.78, 5) is 11.4. The lowest BCUT2D eigenvalue weighted by Gasteiger charge is -2.32. The van der Waals surface area contributed by atoms with Gasteiger partial charge in [-0.3, -0.25) is 9.88 Å². The minimum atomic E-state index is -2.91. The highest BCUT2D eigenvalue weighted by Gasteiger charge is 2.20. The van der Waals surface area contributed by atoms with Crippen LogP contribution in [0, 0.1) is 0 Å². The van der Waals surface area contributed by atoms with E-state index in [1.807, 2.05) is 31.3 Å². The molecule has 3 rings (SSSR count). The van der Waals surface area contributed by atoms with Crippen LogP contribution in [0.25, 0.3) is 0 Å². The third-order valence-electron chi connectivity index (χ3n) is 5.28. The van der Waals surface area contributed by atoms with Crippen molar-refractivity contribution in [1.29, 1.82) is 0 Å². The first kappa shape index (κ1) is 23.7. The van der Waals surface area contributed by atoms with Gasteiger partial charge >= 0.3 is 6.61 Å². The lowest BCUT2D eigenvalue weighted by atomic mass is 10.0. The standard InChI is InChI=1S/C23H31F2N5O2/c1-3-26-23(28-15-17-7-8-20(31-2)14-21(17)32-22(24)25)29-18-9-12-30(13-10-18)16-19-6-4-5-11-27-19/h4-8,11,14,18,22H,3,9-10,12-13,15-16H2,1-2H3,(H2,26,28,29). The number of likely N-dealkylation sites (tertiary alicyclic amines) is 1. The van der Waals surface area contributed by atoms with Crippen molar-refractivity contribution in [3.8, 4) is 11.5 Å². The first-order chi connectivity index (χ1) is 15.6. The average Bonchev–Trinajstić information content (AvgIpc) is 2.79. The molecule has 32 heavy (non-hydrogen) atoms. The van der Waals surface area contributed by atoms with Gasteiger partial charge in [-0.05, 0) is 44.0 Å². The first-order valence-corrected chi connectivity index (χ1v) is 10.9. The first-order valence-electron chi connectivity index (χ1n) is 10.9. The fourth-order valence-electron chi connectivity index (χ4n) is 3.63. The molecule has 0 aliphatic carbocycles. The average molecular weight is 448 g/mol. The molecule has 0 amide bonds. The Labute approximate surface area is 187 Å². The Morgan fingerprint density at radius 2 is 2.06 bits per heavy atom. The largest absolute Gasteiger partial charge is 0.497 e. The molecule has 1 fully saturated rings. The third kappa shape index (κ3) is 7.33. The van der Waals surface area contributed by atoms with Crippen LogP contribution in [-0.4, -0.2) is 55.2 Å². The van der Waals surface area contributed by atoms with Gasteiger partial charge in [-0.25, -0.2) is 4.99 Å². The van der Waals surface area contributed by atoms with E-state index in [0.717, 1.165) is 38.2 Å². The van der Waals surface area contributed by atoms with Gasteiger partial charge in [0.1, 0.15) is 11.5 Å². The molecule has 9 heteroatoms. The zero-order valence-corrected chi connectivity index (χ0v) is 18.6. The highest BCUT2D eigenvalue weighted by atomic mass is 19.3. The number of rotatable bonds is 9. The number of hydrogen-bond acceptors (Lipinski definition) is 5. The normalized spacial score (nSPS) is 15.6. The summed E-state index contributed by atoms with van der Waals surface area (Å²) in [5.41, 5.74) is 1.64. The van der Waals surface area contributed by atoms with E-state index >= 15 is 0 Å². The molecule has 2 aromatic rings. The Kier molecular flexibility index (Phi) is 9.03. The summed E-state index contributed by atoms with van der Waals surface area (Å²) < 4.78 is 35.4. The molecule has 0 saturated carbocycles. The van der Waals surface area contributed by atoms with Gasteiger partial charge in [0.2, 0.25) is 0 Å². The number of aliphatic imine (C=N–C) groups is 1. The van der Waals surface area contributed by atoms with Crippen molar-refractivity contribution < 1.29 is 18.3 Å². The number of methoxy groups -OCH3 is 1. The van der Waals surface area contributed by atoms with Gasteiger partial charge in [0.15, 0.2) is 5.96 Å². The van der Waals surface area contributed by atoms with Crippen molar-refractivity contribution in [2.75, 3.05) is 26.7 Å². The van der Waals surface area contributed by atoms with Crippen LogP contribution < -0.4 is 20.1 Å². The molecule has 7 nitrogen and oxygen atoms in total. The van der Waals surface area contributed by atoms with E-state index in [1.54, 1.807) is 12.1 Å². The summed E-state index contributed by atoms with van der Waals surface area (Å²) in [6, 6.07) is 11.1. The SMILES string of the molecule is CCNC(=NCc1ccc(OC)cc1OC(F)F)NC1CCN(Cc2ccccn2)CC1. The van der Waals surface area contributed by atoms with Crippen LogP contribution in [0.1, 0.15) is 31.0 Å². The predicted octanol–water partition coefficient (Wildman–Crippen LogP) is 3.41. The molecule has 0 spiro atoms. The molecule has 2 N–H and O–H groups in total. The molecule has 0 bridgehead atoms. The number of aromatic nitrogens is 1. The van der Waals surface area contributed by atoms with Crippen molar-refractivity contribution in [3.63, 3.8) is 0 Å². The van der Waals surface area contributed by atoms with E-state index in [0.29, 0.717) is 29.9 Å². The molecule has 1 aliphatic heterocycles. The van der Waals surface area contributed by atoms with E-state index in [-0.39, 0.29) is 12.3 Å². The molecule has 1 aromatic carbocycles. The van der Waals surface area contributed by atoms with Gasteiger partial charge in [-0.2, -0.15) is 8.78 Å². The van der Waals surface area contributed by atoms with Crippen LogP contribution in [0.2, 0.25) is 0 Å². The van der Waals surface area contributed by atoms with Crippen molar-refractivity contribution in [2.24, 2.45) is 4.99 Å². The molecule has 0 unspecified atom stereocenters. The summed E-state index contributed by atoms with van der Waals surface area (Å²) in [7, 11) is 1.48. The van der Waals surface area contributed by atoms with E-state index < -0.39 is 6.61 Å². The number of alkyl halides is 2. The van der Waals surface area contributed by atoms with Crippen molar-refractivity contribution in [1.82, 2.24) is 20.5 Å². The number of nitrogens with zero attached hydrogens (tertiary/aromatic N) is 3. The Hall–Kier alpha value is -2.94. The maximum absolute atomic E-state index is 12.8. The number of piperidine rings is 1. The van der Waals surface area contributed by atoms with E-state index in [4.69, 9.17) is 4.74 Å². The fourth-order valence-corrected chi connectivity index (χ4v) is 3.63. The Morgan fingerprint density at radius 3 is 2.72 bits per heavy atom. The lowest BCUT2D eigenvalue weighted by molar-refractivity contribution is -0.0505. The molecule has 174 valence electrons. The summed E-state index contributed by atoms with van der Waals surface area (Å²) in [5, 5.41) is 6.71. The van der Waals surface area contributed by atoms with E-state index in [2.05, 4.69) is 30.2 Å². The Balaban J connectivity index is 1.57.